The fraction of sp³-hybridized carbons (Fsp3) is 0.308. The summed E-state index contributed by atoms with van der Waals surface area (Å²) in [6, 6.07) is 2.17. The van der Waals surface area contributed by atoms with Crippen LogP contribution in [0.1, 0.15) is 24.2 Å². The Kier molecular flexibility index (Phi) is 3.85. The molecule has 0 saturated carbocycles. The van der Waals surface area contributed by atoms with Crippen molar-refractivity contribution in [2.75, 3.05) is 11.4 Å². The largest absolute Gasteiger partial charge is 0.303 e. The molecule has 2 amide bonds. The van der Waals surface area contributed by atoms with Crippen LogP contribution < -0.4 is 16.2 Å². The highest BCUT2D eigenvalue weighted by Gasteiger charge is 2.42. The quantitative estimate of drug-likeness (QED) is 0.367. The molecule has 2 rings (SSSR count). The number of fused-ring (bicyclic) bond motifs is 1. The van der Waals surface area contributed by atoms with Gasteiger partial charge in [-0.2, -0.15) is 0 Å². The molecule has 8 heteroatoms. The zero-order valence-corrected chi connectivity index (χ0v) is 13.0. The predicted molar refractivity (Wildman–Crippen MR) is 76.9 cm³/mol. The number of hydrogen-bond donors (Lipinski definition) is 2. The van der Waals surface area contributed by atoms with E-state index in [2.05, 4.69) is 15.9 Å². The number of benzene rings is 1. The van der Waals surface area contributed by atoms with Gasteiger partial charge < -0.3 is 4.90 Å². The van der Waals surface area contributed by atoms with E-state index in [1.807, 2.05) is 5.43 Å². The molecule has 21 heavy (non-hydrogen) atoms. The van der Waals surface area contributed by atoms with Crippen LogP contribution in [0.4, 0.5) is 10.1 Å². The Labute approximate surface area is 128 Å². The Balaban J connectivity index is 2.47. The van der Waals surface area contributed by atoms with Gasteiger partial charge in [0, 0.05) is 11.0 Å². The molecule has 1 heterocycles. The second kappa shape index (κ2) is 5.19. The van der Waals surface area contributed by atoms with Crippen LogP contribution in [-0.2, 0) is 9.59 Å². The van der Waals surface area contributed by atoms with Gasteiger partial charge in [-0.25, -0.2) is 10.2 Å². The number of nitrogens with zero attached hydrogens (tertiary/aromatic N) is 1. The molecule has 1 aliphatic heterocycles. The topological polar surface area (TPSA) is 92.5 Å². The first kappa shape index (κ1) is 15.6. The van der Waals surface area contributed by atoms with E-state index in [4.69, 9.17) is 5.84 Å². The number of amides is 2. The minimum absolute atomic E-state index is 0.0177. The van der Waals surface area contributed by atoms with Crippen molar-refractivity contribution in [1.82, 2.24) is 5.43 Å². The number of nitrogens with one attached hydrogen (secondary N) is 1. The summed E-state index contributed by atoms with van der Waals surface area (Å²) in [7, 11) is 0. The highest BCUT2D eigenvalue weighted by atomic mass is 79.9. The van der Waals surface area contributed by atoms with E-state index in [1.54, 1.807) is 13.8 Å². The molecule has 3 N–H and O–H groups in total. The Morgan fingerprint density at radius 2 is 2.05 bits per heavy atom. The maximum atomic E-state index is 13.4. The molecule has 0 radical (unpaired) electrons. The first-order valence-corrected chi connectivity index (χ1v) is 6.84. The number of ketones is 1. The summed E-state index contributed by atoms with van der Waals surface area (Å²) in [5, 5.41) is 0. The number of carbonyl (C=O) groups is 3. The summed E-state index contributed by atoms with van der Waals surface area (Å²) < 4.78 is 13.7. The van der Waals surface area contributed by atoms with Crippen molar-refractivity contribution in [3.63, 3.8) is 0 Å². The van der Waals surface area contributed by atoms with Crippen LogP contribution in [0.2, 0.25) is 0 Å². The fourth-order valence-electron chi connectivity index (χ4n) is 2.17. The van der Waals surface area contributed by atoms with Crippen molar-refractivity contribution in [3.05, 3.63) is 28.0 Å². The van der Waals surface area contributed by atoms with Gasteiger partial charge in [-0.05, 0) is 41.9 Å². The molecule has 1 aliphatic rings. The normalized spacial score (nSPS) is 14.4. The van der Waals surface area contributed by atoms with E-state index in [9.17, 15) is 18.8 Å². The summed E-state index contributed by atoms with van der Waals surface area (Å²) >= 11 is 3.14. The van der Waals surface area contributed by atoms with Crippen molar-refractivity contribution < 1.29 is 18.8 Å². The first-order chi connectivity index (χ1) is 9.69. The van der Waals surface area contributed by atoms with Gasteiger partial charge in [0.05, 0.1) is 16.7 Å². The molecule has 0 saturated heterocycles. The summed E-state index contributed by atoms with van der Waals surface area (Å²) in [4.78, 5) is 36.9. The van der Waals surface area contributed by atoms with Crippen molar-refractivity contribution in [1.29, 1.82) is 0 Å². The molecule has 0 fully saturated rings. The zero-order chi connectivity index (χ0) is 15.9. The van der Waals surface area contributed by atoms with Crippen molar-refractivity contribution in [2.45, 2.75) is 13.8 Å². The SMILES string of the molecule is CC(C)(CN1C(=O)C(=O)c2cc(F)cc(Br)c21)C(=O)NN. The summed E-state index contributed by atoms with van der Waals surface area (Å²) in [5.74, 6) is 2.42. The number of rotatable bonds is 3. The van der Waals surface area contributed by atoms with Crippen LogP contribution >= 0.6 is 15.9 Å². The average molecular weight is 358 g/mol. The van der Waals surface area contributed by atoms with Gasteiger partial charge in [0.1, 0.15) is 5.82 Å². The van der Waals surface area contributed by atoms with Gasteiger partial charge >= 0.3 is 0 Å². The standard InChI is InChI=1S/C13H13BrFN3O3/c1-13(2,12(21)17-16)5-18-9-7(10(19)11(18)20)3-6(15)4-8(9)14/h3-4H,5,16H2,1-2H3,(H,17,21). The highest BCUT2D eigenvalue weighted by molar-refractivity contribution is 9.10. The number of carbonyl (C=O) groups excluding carboxylic acids is 3. The summed E-state index contributed by atoms with van der Waals surface area (Å²) in [6.07, 6.45) is 0. The molecule has 0 unspecified atom stereocenters. The van der Waals surface area contributed by atoms with Gasteiger partial charge in [0.2, 0.25) is 5.91 Å². The van der Waals surface area contributed by atoms with Crippen LogP contribution in [-0.4, -0.2) is 24.1 Å². The Hall–Kier alpha value is -1.80. The molecular formula is C13H13BrFN3O3. The lowest BCUT2D eigenvalue weighted by atomic mass is 9.91. The number of hydrogen-bond acceptors (Lipinski definition) is 4. The van der Waals surface area contributed by atoms with Gasteiger partial charge in [0.25, 0.3) is 11.7 Å². The smallest absolute Gasteiger partial charge is 0.299 e. The third kappa shape index (κ3) is 2.56. The number of anilines is 1. The second-order valence-electron chi connectivity index (χ2n) is 5.36. The molecule has 0 spiro atoms. The van der Waals surface area contributed by atoms with Crippen molar-refractivity contribution >= 4 is 39.2 Å². The van der Waals surface area contributed by atoms with Crippen LogP contribution in [0.5, 0.6) is 0 Å². The van der Waals surface area contributed by atoms with E-state index in [0.29, 0.717) is 0 Å². The van der Waals surface area contributed by atoms with Crippen LogP contribution in [0, 0.1) is 11.2 Å². The first-order valence-electron chi connectivity index (χ1n) is 6.05. The maximum absolute atomic E-state index is 13.4. The third-order valence-corrected chi connectivity index (χ3v) is 3.89. The minimum atomic E-state index is -1.01. The fourth-order valence-corrected chi connectivity index (χ4v) is 2.81. The summed E-state index contributed by atoms with van der Waals surface area (Å²) in [5.41, 5.74) is 1.26. The lowest BCUT2D eigenvalue weighted by molar-refractivity contribution is -0.129. The lowest BCUT2D eigenvalue weighted by Crippen LogP contribution is -2.48. The molecule has 112 valence electrons. The molecule has 6 nitrogen and oxygen atoms in total. The molecule has 0 aromatic heterocycles. The Morgan fingerprint density at radius 3 is 2.62 bits per heavy atom. The molecular weight excluding hydrogens is 345 g/mol. The average Bonchev–Trinajstić information content (AvgIpc) is 2.63. The van der Waals surface area contributed by atoms with E-state index >= 15 is 0 Å². The predicted octanol–water partition coefficient (Wildman–Crippen LogP) is 1.13. The van der Waals surface area contributed by atoms with Crippen LogP contribution in [0.15, 0.2) is 16.6 Å². The number of halogens is 2. The van der Waals surface area contributed by atoms with Gasteiger partial charge in [-0.15, -0.1) is 0 Å². The third-order valence-electron chi connectivity index (χ3n) is 3.28. The van der Waals surface area contributed by atoms with Crippen LogP contribution in [0.25, 0.3) is 0 Å². The number of Topliss-reactive ketones (excluding diaryl/α,β-unsaturated/α-hetero) is 1. The van der Waals surface area contributed by atoms with Crippen molar-refractivity contribution in [2.24, 2.45) is 11.3 Å². The molecule has 1 aromatic rings. The van der Waals surface area contributed by atoms with E-state index in [-0.39, 0.29) is 22.3 Å². The molecule has 0 bridgehead atoms. The van der Waals surface area contributed by atoms with E-state index in [0.717, 1.165) is 17.0 Å². The minimum Gasteiger partial charge on any atom is -0.303 e. The maximum Gasteiger partial charge on any atom is 0.299 e. The molecule has 0 atom stereocenters. The monoisotopic (exact) mass is 357 g/mol. The zero-order valence-electron chi connectivity index (χ0n) is 11.4. The van der Waals surface area contributed by atoms with Gasteiger partial charge in [0.15, 0.2) is 0 Å². The summed E-state index contributed by atoms with van der Waals surface area (Å²) in [6.45, 7) is 3.11. The molecule has 1 aromatic carbocycles. The van der Waals surface area contributed by atoms with Crippen LogP contribution in [0.3, 0.4) is 0 Å². The van der Waals surface area contributed by atoms with Crippen molar-refractivity contribution in [3.8, 4) is 0 Å². The van der Waals surface area contributed by atoms with E-state index in [1.165, 1.54) is 0 Å². The Morgan fingerprint density at radius 1 is 1.43 bits per heavy atom. The van der Waals surface area contributed by atoms with Gasteiger partial charge in [-0.1, -0.05) is 0 Å². The lowest BCUT2D eigenvalue weighted by Gasteiger charge is -2.28. The molecule has 0 aliphatic carbocycles. The number of nitrogens with two attached hydrogens (primary N) is 1. The number of hydrazine groups is 1. The van der Waals surface area contributed by atoms with Gasteiger partial charge in [-0.3, -0.25) is 19.8 Å². The van der Waals surface area contributed by atoms with E-state index < -0.39 is 28.8 Å². The second-order valence-corrected chi connectivity index (χ2v) is 6.22. The Bertz CT molecular complexity index is 660. The highest BCUT2D eigenvalue weighted by Crippen LogP contribution is 2.38.